The molecule has 0 aliphatic carbocycles. The number of carbonyl (C=O) groups is 3. The van der Waals surface area contributed by atoms with E-state index in [2.05, 4.69) is 10.6 Å². The number of rotatable bonds is 11. The molecule has 0 bridgehead atoms. The summed E-state index contributed by atoms with van der Waals surface area (Å²) in [5.74, 6) is -1.66. The van der Waals surface area contributed by atoms with Crippen LogP contribution in [0.2, 0.25) is 0 Å². The predicted octanol–water partition coefficient (Wildman–Crippen LogP) is 1.51. The van der Waals surface area contributed by atoms with Gasteiger partial charge in [0.1, 0.15) is 12.1 Å². The first-order valence-corrected chi connectivity index (χ1v) is 9.08. The fraction of sp³-hybridized carbons (Fsp3) is 0.833. The van der Waals surface area contributed by atoms with Gasteiger partial charge in [0.25, 0.3) is 0 Å². The lowest BCUT2D eigenvalue weighted by Gasteiger charge is -2.26. The molecule has 25 heavy (non-hydrogen) atoms. The monoisotopic (exact) mass is 357 g/mol. The highest BCUT2D eigenvalue weighted by Gasteiger charge is 2.29. The van der Waals surface area contributed by atoms with E-state index >= 15 is 0 Å². The lowest BCUT2D eigenvalue weighted by Crippen LogP contribution is -2.55. The summed E-state index contributed by atoms with van der Waals surface area (Å²) < 4.78 is 0. The second kappa shape index (κ2) is 11.1. The number of carboxylic acids is 1. The van der Waals surface area contributed by atoms with Crippen LogP contribution in [0.25, 0.3) is 0 Å². The lowest BCUT2D eigenvalue weighted by atomic mass is 9.97. The van der Waals surface area contributed by atoms with Gasteiger partial charge >= 0.3 is 5.97 Å². The van der Waals surface area contributed by atoms with Crippen LogP contribution >= 0.6 is 0 Å². The van der Waals surface area contributed by atoms with Crippen molar-refractivity contribution in [2.75, 3.05) is 0 Å². The topological polar surface area (TPSA) is 122 Å². The van der Waals surface area contributed by atoms with Gasteiger partial charge in [0.15, 0.2) is 0 Å². The van der Waals surface area contributed by atoms with Gasteiger partial charge in [0.2, 0.25) is 11.8 Å². The van der Waals surface area contributed by atoms with Crippen molar-refractivity contribution in [3.8, 4) is 0 Å². The summed E-state index contributed by atoms with van der Waals surface area (Å²) in [6.07, 6.45) is 1.50. The zero-order valence-corrected chi connectivity index (χ0v) is 16.3. The van der Waals surface area contributed by atoms with E-state index in [0.29, 0.717) is 12.8 Å². The average molecular weight is 357 g/mol. The maximum absolute atomic E-state index is 12.5. The maximum atomic E-state index is 12.5. The number of amides is 2. The largest absolute Gasteiger partial charge is 0.480 e. The minimum absolute atomic E-state index is 0.00419. The molecular formula is C18H35N3O4. The van der Waals surface area contributed by atoms with Gasteiger partial charge in [-0.1, -0.05) is 48.0 Å². The maximum Gasteiger partial charge on any atom is 0.326 e. The lowest BCUT2D eigenvalue weighted by molar-refractivity contribution is -0.142. The summed E-state index contributed by atoms with van der Waals surface area (Å²) in [6.45, 7) is 11.5. The zero-order valence-electron chi connectivity index (χ0n) is 16.3. The third-order valence-electron chi connectivity index (χ3n) is 4.22. The van der Waals surface area contributed by atoms with Crippen molar-refractivity contribution < 1.29 is 19.5 Å². The van der Waals surface area contributed by atoms with E-state index in [1.807, 2.05) is 41.5 Å². The summed E-state index contributed by atoms with van der Waals surface area (Å²) in [5, 5.41) is 14.5. The highest BCUT2D eigenvalue weighted by Crippen LogP contribution is 2.10. The Hall–Kier alpha value is -1.63. The normalized spacial score (nSPS) is 16.2. The molecule has 0 spiro atoms. The molecule has 0 fully saturated rings. The number of hydrogen-bond acceptors (Lipinski definition) is 4. The number of carbonyl (C=O) groups excluding carboxylic acids is 2. The smallest absolute Gasteiger partial charge is 0.326 e. The van der Waals surface area contributed by atoms with E-state index in [1.165, 1.54) is 0 Å². The van der Waals surface area contributed by atoms with Crippen molar-refractivity contribution in [2.45, 2.75) is 78.9 Å². The number of aliphatic carboxylic acids is 1. The molecule has 0 saturated carbocycles. The first kappa shape index (κ1) is 23.4. The van der Waals surface area contributed by atoms with Crippen LogP contribution in [0.4, 0.5) is 0 Å². The molecule has 0 aromatic carbocycles. The number of hydrogen-bond donors (Lipinski definition) is 4. The van der Waals surface area contributed by atoms with Gasteiger partial charge in [-0.2, -0.15) is 0 Å². The standard InChI is InChI=1S/C18H35N3O4/c1-7-12(6)15(19)17(23)20-13(8-10(2)3)16(22)21-14(18(24)25)9-11(4)5/h10-15H,7-9,19H2,1-6H3,(H,20,23)(H,21,22)(H,24,25)/t12?,13-,14-,15-/m0/s1. The van der Waals surface area contributed by atoms with Crippen LogP contribution in [-0.2, 0) is 14.4 Å². The Morgan fingerprint density at radius 3 is 1.72 bits per heavy atom. The number of carboxylic acid groups (broad SMARTS) is 1. The van der Waals surface area contributed by atoms with E-state index in [1.54, 1.807) is 0 Å². The first-order chi connectivity index (χ1) is 11.5. The minimum Gasteiger partial charge on any atom is -0.480 e. The molecule has 0 aromatic rings. The average Bonchev–Trinajstić information content (AvgIpc) is 2.50. The van der Waals surface area contributed by atoms with Crippen LogP contribution < -0.4 is 16.4 Å². The summed E-state index contributed by atoms with van der Waals surface area (Å²) in [5.41, 5.74) is 5.93. The molecule has 5 N–H and O–H groups in total. The van der Waals surface area contributed by atoms with Crippen LogP contribution in [0.5, 0.6) is 0 Å². The Kier molecular flexibility index (Phi) is 10.4. The van der Waals surface area contributed by atoms with Gasteiger partial charge in [-0.25, -0.2) is 4.79 Å². The van der Waals surface area contributed by atoms with Gasteiger partial charge < -0.3 is 21.5 Å². The van der Waals surface area contributed by atoms with Crippen LogP contribution in [0, 0.1) is 17.8 Å². The van der Waals surface area contributed by atoms with Crippen molar-refractivity contribution >= 4 is 17.8 Å². The van der Waals surface area contributed by atoms with Crippen molar-refractivity contribution in [1.29, 1.82) is 0 Å². The molecule has 7 nitrogen and oxygen atoms in total. The Bertz CT molecular complexity index is 452. The Balaban J connectivity index is 5.08. The van der Waals surface area contributed by atoms with Crippen molar-refractivity contribution in [3.63, 3.8) is 0 Å². The third kappa shape index (κ3) is 8.86. The molecule has 0 heterocycles. The highest BCUT2D eigenvalue weighted by atomic mass is 16.4. The second-order valence-corrected chi connectivity index (χ2v) is 7.63. The molecule has 0 saturated heterocycles. The number of nitrogens with two attached hydrogens (primary N) is 1. The van der Waals surface area contributed by atoms with Gasteiger partial charge in [-0.3, -0.25) is 9.59 Å². The fourth-order valence-corrected chi connectivity index (χ4v) is 2.45. The molecule has 0 aliphatic rings. The third-order valence-corrected chi connectivity index (χ3v) is 4.22. The summed E-state index contributed by atoms with van der Waals surface area (Å²) in [4.78, 5) is 36.2. The first-order valence-electron chi connectivity index (χ1n) is 9.08. The molecular weight excluding hydrogens is 322 g/mol. The Morgan fingerprint density at radius 2 is 1.32 bits per heavy atom. The van der Waals surface area contributed by atoms with Crippen molar-refractivity contribution in [1.82, 2.24) is 10.6 Å². The van der Waals surface area contributed by atoms with Gasteiger partial charge in [0, 0.05) is 0 Å². The summed E-state index contributed by atoms with van der Waals surface area (Å²) >= 11 is 0. The van der Waals surface area contributed by atoms with Crippen molar-refractivity contribution in [2.24, 2.45) is 23.5 Å². The SMILES string of the molecule is CCC(C)[C@H](N)C(=O)N[C@@H](CC(C)C)C(=O)N[C@@H](CC(C)C)C(=O)O. The molecule has 0 radical (unpaired) electrons. The zero-order chi connectivity index (χ0) is 19.7. The second-order valence-electron chi connectivity index (χ2n) is 7.63. The molecule has 0 rings (SSSR count). The van der Waals surface area contributed by atoms with E-state index < -0.39 is 30.0 Å². The van der Waals surface area contributed by atoms with Crippen LogP contribution in [0.3, 0.4) is 0 Å². The van der Waals surface area contributed by atoms with Crippen LogP contribution in [0.1, 0.15) is 60.8 Å². The van der Waals surface area contributed by atoms with E-state index in [0.717, 1.165) is 6.42 Å². The molecule has 146 valence electrons. The van der Waals surface area contributed by atoms with Crippen LogP contribution in [0.15, 0.2) is 0 Å². The fourth-order valence-electron chi connectivity index (χ4n) is 2.45. The highest BCUT2D eigenvalue weighted by molar-refractivity contribution is 5.91. The van der Waals surface area contributed by atoms with E-state index in [-0.39, 0.29) is 23.7 Å². The number of nitrogens with one attached hydrogen (secondary N) is 2. The molecule has 4 atom stereocenters. The predicted molar refractivity (Wildman–Crippen MR) is 97.8 cm³/mol. The Morgan fingerprint density at radius 1 is 0.880 bits per heavy atom. The van der Waals surface area contributed by atoms with Crippen molar-refractivity contribution in [3.05, 3.63) is 0 Å². The Labute approximate surface area is 151 Å². The molecule has 1 unspecified atom stereocenters. The molecule has 2 amide bonds. The van der Waals surface area contributed by atoms with E-state index in [9.17, 15) is 19.5 Å². The quantitative estimate of drug-likeness (QED) is 0.446. The molecule has 7 heteroatoms. The minimum atomic E-state index is -1.08. The van der Waals surface area contributed by atoms with E-state index in [4.69, 9.17) is 5.73 Å². The van der Waals surface area contributed by atoms with Gasteiger partial charge in [-0.15, -0.1) is 0 Å². The molecule has 0 aromatic heterocycles. The summed E-state index contributed by atoms with van der Waals surface area (Å²) in [6, 6.07) is -2.46. The summed E-state index contributed by atoms with van der Waals surface area (Å²) in [7, 11) is 0. The van der Waals surface area contributed by atoms with Gasteiger partial charge in [0.05, 0.1) is 6.04 Å². The van der Waals surface area contributed by atoms with Crippen LogP contribution in [-0.4, -0.2) is 41.0 Å². The molecule has 0 aliphatic heterocycles. The van der Waals surface area contributed by atoms with Gasteiger partial charge in [-0.05, 0) is 30.6 Å².